The molecule has 3 aromatic carbocycles. The highest BCUT2D eigenvalue weighted by Crippen LogP contribution is 2.38. The third kappa shape index (κ3) is 6.08. The first-order valence-corrected chi connectivity index (χ1v) is 13.2. The SMILES string of the molecule is Cc1cc(OC2CCNCC2)cc(C)c1-c1cccc(CCOc2ccc3c(c2)OC[C@H]3CC(=O)O)c1. The first-order chi connectivity index (χ1) is 18.0. The van der Waals surface area contributed by atoms with Gasteiger partial charge in [0.05, 0.1) is 19.6 Å². The van der Waals surface area contributed by atoms with Crippen molar-refractivity contribution in [2.45, 2.75) is 51.6 Å². The van der Waals surface area contributed by atoms with Gasteiger partial charge in [-0.05, 0) is 85.8 Å². The maximum atomic E-state index is 11.1. The summed E-state index contributed by atoms with van der Waals surface area (Å²) < 4.78 is 18.0. The van der Waals surface area contributed by atoms with E-state index in [0.29, 0.717) is 13.2 Å². The molecule has 3 aromatic rings. The summed E-state index contributed by atoms with van der Waals surface area (Å²) in [5.74, 6) is 1.52. The highest BCUT2D eigenvalue weighted by molar-refractivity contribution is 5.72. The van der Waals surface area contributed by atoms with Crippen LogP contribution in [0.5, 0.6) is 17.2 Å². The van der Waals surface area contributed by atoms with Gasteiger partial charge in [-0.2, -0.15) is 0 Å². The molecule has 2 aliphatic rings. The van der Waals surface area contributed by atoms with Crippen molar-refractivity contribution in [3.05, 3.63) is 76.9 Å². The fourth-order valence-electron chi connectivity index (χ4n) is 5.45. The summed E-state index contributed by atoms with van der Waals surface area (Å²) in [5.41, 5.74) is 7.06. The van der Waals surface area contributed by atoms with E-state index < -0.39 is 5.97 Å². The Bertz CT molecular complexity index is 1240. The van der Waals surface area contributed by atoms with Gasteiger partial charge in [0.15, 0.2) is 0 Å². The number of carboxylic acid groups (broad SMARTS) is 1. The molecule has 0 amide bonds. The highest BCUT2D eigenvalue weighted by Gasteiger charge is 2.26. The molecule has 37 heavy (non-hydrogen) atoms. The minimum atomic E-state index is -0.809. The predicted molar refractivity (Wildman–Crippen MR) is 144 cm³/mol. The van der Waals surface area contributed by atoms with Crippen LogP contribution in [0.3, 0.4) is 0 Å². The monoisotopic (exact) mass is 501 g/mol. The van der Waals surface area contributed by atoms with Crippen LogP contribution in [-0.2, 0) is 11.2 Å². The summed E-state index contributed by atoms with van der Waals surface area (Å²) in [5, 5.41) is 12.5. The Morgan fingerprint density at radius 1 is 1.03 bits per heavy atom. The number of carboxylic acids is 1. The number of hydrogen-bond acceptors (Lipinski definition) is 5. The number of aryl methyl sites for hydroxylation is 2. The van der Waals surface area contributed by atoms with Crippen molar-refractivity contribution < 1.29 is 24.1 Å². The molecule has 2 aliphatic heterocycles. The molecule has 2 heterocycles. The third-order valence-corrected chi connectivity index (χ3v) is 7.26. The Labute approximate surface area is 218 Å². The first-order valence-electron chi connectivity index (χ1n) is 13.2. The number of hydrogen-bond donors (Lipinski definition) is 2. The zero-order valence-corrected chi connectivity index (χ0v) is 21.6. The predicted octanol–water partition coefficient (Wildman–Crippen LogP) is 5.67. The Morgan fingerprint density at radius 2 is 1.81 bits per heavy atom. The highest BCUT2D eigenvalue weighted by atomic mass is 16.5. The third-order valence-electron chi connectivity index (χ3n) is 7.26. The number of nitrogens with one attached hydrogen (secondary N) is 1. The quantitative estimate of drug-likeness (QED) is 0.393. The van der Waals surface area contributed by atoms with Crippen LogP contribution in [0, 0.1) is 13.8 Å². The molecule has 2 N–H and O–H groups in total. The van der Waals surface area contributed by atoms with Crippen LogP contribution in [0.4, 0.5) is 0 Å². The number of benzene rings is 3. The Hall–Kier alpha value is -3.51. The smallest absolute Gasteiger partial charge is 0.304 e. The number of aliphatic carboxylic acids is 1. The molecule has 6 nitrogen and oxygen atoms in total. The van der Waals surface area contributed by atoms with Crippen LogP contribution in [-0.4, -0.2) is 43.5 Å². The van der Waals surface area contributed by atoms with Gasteiger partial charge in [-0.3, -0.25) is 4.79 Å². The minimum Gasteiger partial charge on any atom is -0.493 e. The summed E-state index contributed by atoms with van der Waals surface area (Å²) >= 11 is 0. The lowest BCUT2D eigenvalue weighted by Crippen LogP contribution is -2.34. The molecule has 1 saturated heterocycles. The van der Waals surface area contributed by atoms with Crippen molar-refractivity contribution in [3.8, 4) is 28.4 Å². The summed E-state index contributed by atoms with van der Waals surface area (Å²) in [6, 6.07) is 18.7. The van der Waals surface area contributed by atoms with Crippen LogP contribution < -0.4 is 19.5 Å². The van der Waals surface area contributed by atoms with Crippen molar-refractivity contribution in [2.75, 3.05) is 26.3 Å². The van der Waals surface area contributed by atoms with E-state index in [1.165, 1.54) is 27.8 Å². The largest absolute Gasteiger partial charge is 0.493 e. The molecular formula is C31H35NO5. The molecule has 1 atom stereocenters. The maximum Gasteiger partial charge on any atom is 0.304 e. The lowest BCUT2D eigenvalue weighted by Gasteiger charge is -2.24. The Balaban J connectivity index is 1.22. The van der Waals surface area contributed by atoms with Gasteiger partial charge in [-0.25, -0.2) is 0 Å². The second kappa shape index (κ2) is 11.3. The van der Waals surface area contributed by atoms with E-state index in [4.69, 9.17) is 19.3 Å². The average Bonchev–Trinajstić information content (AvgIpc) is 3.26. The Morgan fingerprint density at radius 3 is 2.57 bits per heavy atom. The zero-order valence-electron chi connectivity index (χ0n) is 21.6. The van der Waals surface area contributed by atoms with Crippen LogP contribution in [0.2, 0.25) is 0 Å². The van der Waals surface area contributed by atoms with E-state index in [2.05, 4.69) is 55.6 Å². The molecule has 0 aromatic heterocycles. The van der Waals surface area contributed by atoms with E-state index in [9.17, 15) is 4.79 Å². The second-order valence-corrected chi connectivity index (χ2v) is 10.1. The molecule has 0 saturated carbocycles. The lowest BCUT2D eigenvalue weighted by atomic mass is 9.94. The molecular weight excluding hydrogens is 466 g/mol. The molecule has 194 valence electrons. The van der Waals surface area contributed by atoms with Gasteiger partial charge in [0.25, 0.3) is 0 Å². The van der Waals surface area contributed by atoms with Crippen LogP contribution >= 0.6 is 0 Å². The van der Waals surface area contributed by atoms with E-state index in [0.717, 1.165) is 55.2 Å². The van der Waals surface area contributed by atoms with Crippen LogP contribution in [0.15, 0.2) is 54.6 Å². The molecule has 0 aliphatic carbocycles. The van der Waals surface area contributed by atoms with E-state index in [-0.39, 0.29) is 18.4 Å². The van der Waals surface area contributed by atoms with Gasteiger partial charge in [0, 0.05) is 24.0 Å². The second-order valence-electron chi connectivity index (χ2n) is 10.1. The number of carbonyl (C=O) groups is 1. The van der Waals surface area contributed by atoms with Crippen molar-refractivity contribution >= 4 is 5.97 Å². The first kappa shape index (κ1) is 25.2. The van der Waals surface area contributed by atoms with E-state index >= 15 is 0 Å². The number of rotatable bonds is 9. The van der Waals surface area contributed by atoms with Gasteiger partial charge in [-0.15, -0.1) is 0 Å². The zero-order chi connectivity index (χ0) is 25.8. The minimum absolute atomic E-state index is 0.0798. The molecule has 1 fully saturated rings. The molecule has 0 spiro atoms. The van der Waals surface area contributed by atoms with Gasteiger partial charge in [0.1, 0.15) is 23.4 Å². The van der Waals surface area contributed by atoms with Crippen molar-refractivity contribution in [2.24, 2.45) is 0 Å². The normalized spacial score (nSPS) is 17.2. The van der Waals surface area contributed by atoms with Crippen LogP contribution in [0.1, 0.15) is 47.4 Å². The molecule has 0 bridgehead atoms. The van der Waals surface area contributed by atoms with Crippen molar-refractivity contribution in [3.63, 3.8) is 0 Å². The number of fused-ring (bicyclic) bond motifs is 1. The van der Waals surface area contributed by atoms with Gasteiger partial charge in [0.2, 0.25) is 0 Å². The fraction of sp³-hybridized carbons (Fsp3) is 0.387. The lowest BCUT2D eigenvalue weighted by molar-refractivity contribution is -0.137. The molecule has 0 radical (unpaired) electrons. The van der Waals surface area contributed by atoms with E-state index in [1.807, 2.05) is 18.2 Å². The van der Waals surface area contributed by atoms with E-state index in [1.54, 1.807) is 0 Å². The summed E-state index contributed by atoms with van der Waals surface area (Å²) in [7, 11) is 0. The van der Waals surface area contributed by atoms with Crippen molar-refractivity contribution in [1.29, 1.82) is 0 Å². The average molecular weight is 502 g/mol. The number of piperidine rings is 1. The van der Waals surface area contributed by atoms with Crippen molar-refractivity contribution in [1.82, 2.24) is 5.32 Å². The standard InChI is InChI=1S/C31H35NO5/c1-20-14-27(37-25-8-11-32-12-9-25)15-21(2)31(20)23-5-3-4-22(16-23)10-13-35-26-6-7-28-24(17-30(33)34)19-36-29(28)18-26/h3-7,14-16,18,24-25,32H,8-13,17,19H2,1-2H3,(H,33,34)/t24-/m1/s1. The maximum absolute atomic E-state index is 11.1. The van der Waals surface area contributed by atoms with Gasteiger partial charge in [-0.1, -0.05) is 30.3 Å². The van der Waals surface area contributed by atoms with Crippen LogP contribution in [0.25, 0.3) is 11.1 Å². The van der Waals surface area contributed by atoms with Gasteiger partial charge >= 0.3 is 5.97 Å². The Kier molecular flexibility index (Phi) is 7.65. The molecule has 6 heteroatoms. The molecule has 5 rings (SSSR count). The molecule has 0 unspecified atom stereocenters. The van der Waals surface area contributed by atoms with Gasteiger partial charge < -0.3 is 24.6 Å². The number of ether oxygens (including phenoxy) is 3. The fourth-order valence-corrected chi connectivity index (χ4v) is 5.45. The summed E-state index contributed by atoms with van der Waals surface area (Å²) in [4.78, 5) is 11.1. The topological polar surface area (TPSA) is 77.0 Å². The summed E-state index contributed by atoms with van der Waals surface area (Å²) in [6.45, 7) is 7.30. The summed E-state index contributed by atoms with van der Waals surface area (Å²) in [6.07, 6.45) is 3.25.